The van der Waals surface area contributed by atoms with Gasteiger partial charge in [0.1, 0.15) is 10.6 Å². The molecule has 100 valence electrons. The van der Waals surface area contributed by atoms with Crippen LogP contribution in [0.5, 0.6) is 5.75 Å². The lowest BCUT2D eigenvalue weighted by Gasteiger charge is -2.17. The molecule has 0 aromatic carbocycles. The third kappa shape index (κ3) is 3.03. The average molecular weight is 269 g/mol. The van der Waals surface area contributed by atoms with Gasteiger partial charge in [-0.3, -0.25) is 4.79 Å². The van der Waals surface area contributed by atoms with E-state index < -0.39 is 6.10 Å². The fraction of sp³-hybridized carbons (Fsp3) is 0.615. The Morgan fingerprint density at radius 2 is 2.33 bits per heavy atom. The molecule has 1 heterocycles. The van der Waals surface area contributed by atoms with Gasteiger partial charge in [-0.25, -0.2) is 0 Å². The standard InChI is InChI=1S/C13H19NO3S/c1-17-11-6-7-18-12(11)13(16)14-8-10(15)9-4-2-3-5-9/h6-7,9-10,15H,2-5,8H2,1H3,(H,14,16). The summed E-state index contributed by atoms with van der Waals surface area (Å²) >= 11 is 1.35. The minimum absolute atomic E-state index is 0.168. The molecule has 1 saturated carbocycles. The molecule has 0 radical (unpaired) electrons. The summed E-state index contributed by atoms with van der Waals surface area (Å²) in [5, 5.41) is 14.6. The van der Waals surface area contributed by atoms with Crippen LogP contribution >= 0.6 is 11.3 Å². The maximum Gasteiger partial charge on any atom is 0.265 e. The second-order valence-electron chi connectivity index (χ2n) is 4.64. The van der Waals surface area contributed by atoms with Crippen molar-refractivity contribution >= 4 is 17.2 Å². The lowest BCUT2D eigenvalue weighted by molar-refractivity contribution is 0.0842. The second-order valence-corrected chi connectivity index (χ2v) is 5.56. The summed E-state index contributed by atoms with van der Waals surface area (Å²) in [7, 11) is 1.55. The van der Waals surface area contributed by atoms with Gasteiger partial charge in [-0.15, -0.1) is 11.3 Å². The molecule has 1 aliphatic rings. The number of ether oxygens (including phenoxy) is 1. The first-order chi connectivity index (χ1) is 8.72. The van der Waals surface area contributed by atoms with Crippen molar-refractivity contribution in [3.8, 4) is 5.75 Å². The molecule has 0 spiro atoms. The zero-order valence-corrected chi connectivity index (χ0v) is 11.3. The minimum Gasteiger partial charge on any atom is -0.495 e. The lowest BCUT2D eigenvalue weighted by Crippen LogP contribution is -2.35. The summed E-state index contributed by atoms with van der Waals surface area (Å²) in [6, 6.07) is 1.77. The minimum atomic E-state index is -0.428. The summed E-state index contributed by atoms with van der Waals surface area (Å²) < 4.78 is 5.10. The van der Waals surface area contributed by atoms with Gasteiger partial charge in [-0.05, 0) is 30.2 Å². The number of aliphatic hydroxyl groups is 1. The van der Waals surface area contributed by atoms with Crippen LogP contribution in [0.15, 0.2) is 11.4 Å². The summed E-state index contributed by atoms with van der Waals surface area (Å²) in [5.41, 5.74) is 0. The molecule has 1 aromatic heterocycles. The Balaban J connectivity index is 1.84. The van der Waals surface area contributed by atoms with Gasteiger partial charge < -0.3 is 15.2 Å². The van der Waals surface area contributed by atoms with E-state index in [1.54, 1.807) is 13.2 Å². The molecule has 0 bridgehead atoms. The van der Waals surface area contributed by atoms with Crippen LogP contribution < -0.4 is 10.1 Å². The number of carbonyl (C=O) groups is 1. The first-order valence-electron chi connectivity index (χ1n) is 6.30. The van der Waals surface area contributed by atoms with Crippen molar-refractivity contribution in [2.24, 2.45) is 5.92 Å². The Morgan fingerprint density at radius 3 is 3.00 bits per heavy atom. The molecule has 0 aliphatic heterocycles. The van der Waals surface area contributed by atoms with E-state index in [1.165, 1.54) is 24.2 Å². The highest BCUT2D eigenvalue weighted by Gasteiger charge is 2.24. The fourth-order valence-corrected chi connectivity index (χ4v) is 3.18. The normalized spacial score (nSPS) is 17.7. The van der Waals surface area contributed by atoms with Crippen LogP contribution in [0, 0.1) is 5.92 Å². The molecule has 0 saturated heterocycles. The number of nitrogens with one attached hydrogen (secondary N) is 1. The lowest BCUT2D eigenvalue weighted by atomic mass is 10.0. The number of hydrogen-bond acceptors (Lipinski definition) is 4. The summed E-state index contributed by atoms with van der Waals surface area (Å²) in [6.07, 6.45) is 4.09. The third-order valence-corrected chi connectivity index (χ3v) is 4.37. The first kappa shape index (κ1) is 13.4. The van der Waals surface area contributed by atoms with Crippen LogP contribution in [-0.2, 0) is 0 Å². The predicted molar refractivity (Wildman–Crippen MR) is 71.2 cm³/mol. The molecule has 1 fully saturated rings. The summed E-state index contributed by atoms with van der Waals surface area (Å²) in [4.78, 5) is 12.5. The highest BCUT2D eigenvalue weighted by atomic mass is 32.1. The highest BCUT2D eigenvalue weighted by Crippen LogP contribution is 2.28. The molecule has 2 N–H and O–H groups in total. The molecule has 1 aliphatic carbocycles. The third-order valence-electron chi connectivity index (χ3n) is 3.47. The molecule has 1 aromatic rings. The SMILES string of the molecule is COc1ccsc1C(=O)NCC(O)C1CCCC1. The van der Waals surface area contributed by atoms with Gasteiger partial charge in [0, 0.05) is 6.54 Å². The van der Waals surface area contributed by atoms with E-state index in [0.717, 1.165) is 12.8 Å². The zero-order chi connectivity index (χ0) is 13.0. The van der Waals surface area contributed by atoms with Crippen molar-refractivity contribution in [2.45, 2.75) is 31.8 Å². The van der Waals surface area contributed by atoms with Crippen molar-refractivity contribution in [1.82, 2.24) is 5.32 Å². The van der Waals surface area contributed by atoms with Gasteiger partial charge in [0.15, 0.2) is 0 Å². The van der Waals surface area contributed by atoms with Gasteiger partial charge in [-0.2, -0.15) is 0 Å². The van der Waals surface area contributed by atoms with Gasteiger partial charge in [0.05, 0.1) is 13.2 Å². The van der Waals surface area contributed by atoms with E-state index in [4.69, 9.17) is 4.74 Å². The maximum absolute atomic E-state index is 11.9. The quantitative estimate of drug-likeness (QED) is 0.860. The van der Waals surface area contributed by atoms with Crippen LogP contribution in [0.1, 0.15) is 35.4 Å². The molecule has 4 nitrogen and oxygen atoms in total. The number of thiophene rings is 1. The topological polar surface area (TPSA) is 58.6 Å². The van der Waals surface area contributed by atoms with E-state index in [0.29, 0.717) is 23.1 Å². The van der Waals surface area contributed by atoms with E-state index >= 15 is 0 Å². The Labute approximate surface area is 111 Å². The molecular formula is C13H19NO3S. The van der Waals surface area contributed by atoms with Crippen molar-refractivity contribution < 1.29 is 14.6 Å². The number of carbonyl (C=O) groups excluding carboxylic acids is 1. The average Bonchev–Trinajstić information content (AvgIpc) is 3.04. The van der Waals surface area contributed by atoms with Crippen LogP contribution in [-0.4, -0.2) is 30.8 Å². The van der Waals surface area contributed by atoms with E-state index in [-0.39, 0.29) is 5.91 Å². The molecule has 1 atom stereocenters. The van der Waals surface area contributed by atoms with Crippen molar-refractivity contribution in [3.63, 3.8) is 0 Å². The van der Waals surface area contributed by atoms with Crippen molar-refractivity contribution in [1.29, 1.82) is 0 Å². The predicted octanol–water partition coefficient (Wildman–Crippen LogP) is 2.04. The van der Waals surface area contributed by atoms with Gasteiger partial charge in [0.25, 0.3) is 5.91 Å². The van der Waals surface area contributed by atoms with Crippen molar-refractivity contribution in [2.75, 3.05) is 13.7 Å². The fourth-order valence-electron chi connectivity index (χ4n) is 2.41. The summed E-state index contributed by atoms with van der Waals surface area (Å²) in [5.74, 6) is 0.766. The van der Waals surface area contributed by atoms with Crippen molar-refractivity contribution in [3.05, 3.63) is 16.3 Å². The van der Waals surface area contributed by atoms with Crippen LogP contribution in [0.4, 0.5) is 0 Å². The first-order valence-corrected chi connectivity index (χ1v) is 7.18. The largest absolute Gasteiger partial charge is 0.495 e. The van der Waals surface area contributed by atoms with Crippen LogP contribution in [0.2, 0.25) is 0 Å². The van der Waals surface area contributed by atoms with Gasteiger partial charge in [-0.1, -0.05) is 12.8 Å². The second kappa shape index (κ2) is 6.20. The summed E-state index contributed by atoms with van der Waals surface area (Å²) in [6.45, 7) is 0.324. The molecule has 18 heavy (non-hydrogen) atoms. The maximum atomic E-state index is 11.9. The molecule has 5 heteroatoms. The van der Waals surface area contributed by atoms with Gasteiger partial charge >= 0.3 is 0 Å². The Hall–Kier alpha value is -1.07. The molecule has 1 amide bonds. The van der Waals surface area contributed by atoms with E-state index in [2.05, 4.69) is 5.32 Å². The Morgan fingerprint density at radius 1 is 1.61 bits per heavy atom. The van der Waals surface area contributed by atoms with E-state index in [9.17, 15) is 9.90 Å². The number of methoxy groups -OCH3 is 1. The number of aliphatic hydroxyl groups excluding tert-OH is 1. The molecule has 2 rings (SSSR count). The smallest absolute Gasteiger partial charge is 0.265 e. The van der Waals surface area contributed by atoms with E-state index in [1.807, 2.05) is 5.38 Å². The molecule has 1 unspecified atom stereocenters. The number of amides is 1. The Bertz CT molecular complexity index is 399. The molecular weight excluding hydrogens is 250 g/mol. The highest BCUT2D eigenvalue weighted by molar-refractivity contribution is 7.12. The van der Waals surface area contributed by atoms with Crippen LogP contribution in [0.25, 0.3) is 0 Å². The van der Waals surface area contributed by atoms with Gasteiger partial charge in [0.2, 0.25) is 0 Å². The zero-order valence-electron chi connectivity index (χ0n) is 10.5. The monoisotopic (exact) mass is 269 g/mol. The van der Waals surface area contributed by atoms with Crippen LogP contribution in [0.3, 0.4) is 0 Å². The number of hydrogen-bond donors (Lipinski definition) is 2. The number of rotatable bonds is 5. The Kier molecular flexibility index (Phi) is 4.60.